The summed E-state index contributed by atoms with van der Waals surface area (Å²) in [7, 11) is 0. The van der Waals surface area contributed by atoms with E-state index < -0.39 is 0 Å². The number of thiazole rings is 1. The van der Waals surface area contributed by atoms with Gasteiger partial charge in [-0.1, -0.05) is 11.6 Å². The first-order chi connectivity index (χ1) is 7.63. The Hall–Kier alpha value is -0.160. The van der Waals surface area contributed by atoms with Gasteiger partial charge in [-0.15, -0.1) is 11.3 Å². The third-order valence-electron chi connectivity index (χ3n) is 3.28. The lowest BCUT2D eigenvalue weighted by molar-refractivity contribution is 0.184. The van der Waals surface area contributed by atoms with Gasteiger partial charge >= 0.3 is 0 Å². The number of aromatic nitrogens is 1. The van der Waals surface area contributed by atoms with Gasteiger partial charge in [0.2, 0.25) is 0 Å². The summed E-state index contributed by atoms with van der Waals surface area (Å²) in [5.41, 5.74) is 5.85. The lowest BCUT2D eigenvalue weighted by Gasteiger charge is -2.29. The van der Waals surface area contributed by atoms with E-state index in [1.165, 1.54) is 0 Å². The molecule has 0 aliphatic carbocycles. The summed E-state index contributed by atoms with van der Waals surface area (Å²) >= 11 is 7.55. The van der Waals surface area contributed by atoms with Gasteiger partial charge in [0, 0.05) is 6.04 Å². The van der Waals surface area contributed by atoms with E-state index in [4.69, 9.17) is 17.3 Å². The summed E-state index contributed by atoms with van der Waals surface area (Å²) < 4.78 is 0.765. The highest BCUT2D eigenvalue weighted by atomic mass is 35.5. The van der Waals surface area contributed by atoms with Gasteiger partial charge in [0.05, 0.1) is 12.2 Å². The highest BCUT2D eigenvalue weighted by Crippen LogP contribution is 2.40. The van der Waals surface area contributed by atoms with E-state index in [1.807, 2.05) is 0 Å². The maximum Gasteiger partial charge on any atom is 0.113 e. The molecule has 0 aromatic carbocycles. The van der Waals surface area contributed by atoms with Crippen molar-refractivity contribution in [2.24, 2.45) is 11.7 Å². The summed E-state index contributed by atoms with van der Waals surface area (Å²) in [5, 5.41) is 1.12. The van der Waals surface area contributed by atoms with Crippen molar-refractivity contribution in [2.75, 3.05) is 13.1 Å². The first-order valence-corrected chi connectivity index (χ1v) is 6.90. The second kappa shape index (κ2) is 5.00. The second-order valence-electron chi connectivity index (χ2n) is 4.56. The minimum absolute atomic E-state index is 0.363. The molecule has 1 aliphatic rings. The molecule has 0 radical (unpaired) electrons. The fourth-order valence-electron chi connectivity index (χ4n) is 2.46. The average molecular weight is 260 g/mol. The third-order valence-corrected chi connectivity index (χ3v) is 4.46. The van der Waals surface area contributed by atoms with E-state index in [2.05, 4.69) is 23.7 Å². The van der Waals surface area contributed by atoms with Crippen LogP contribution in [0.3, 0.4) is 0 Å². The predicted molar refractivity (Wildman–Crippen MR) is 68.9 cm³/mol. The van der Waals surface area contributed by atoms with E-state index in [9.17, 15) is 0 Å². The Morgan fingerprint density at radius 2 is 2.44 bits per heavy atom. The molecule has 0 saturated carbocycles. The van der Waals surface area contributed by atoms with Crippen molar-refractivity contribution in [1.82, 2.24) is 9.88 Å². The quantitative estimate of drug-likeness (QED) is 0.907. The number of rotatable bonds is 3. The Kier molecular flexibility index (Phi) is 3.85. The summed E-state index contributed by atoms with van der Waals surface area (Å²) in [6.07, 6.45) is 2.91. The number of nitrogens with two attached hydrogens (primary N) is 1. The standard InChI is InChI=1S/C11H18ClN3S/c1-7(2)15-4-3-8(5-13)10(15)11-14-6-9(12)16-11/h6-8,10H,3-5,13H2,1-2H3. The van der Waals surface area contributed by atoms with E-state index in [0.29, 0.717) is 18.0 Å². The first kappa shape index (κ1) is 12.3. The molecule has 2 heterocycles. The molecule has 2 rings (SSSR count). The Balaban J connectivity index is 2.25. The van der Waals surface area contributed by atoms with Gasteiger partial charge in [-0.25, -0.2) is 4.98 Å². The highest BCUT2D eigenvalue weighted by Gasteiger charge is 2.37. The molecule has 3 nitrogen and oxygen atoms in total. The minimum atomic E-state index is 0.363. The zero-order valence-corrected chi connectivity index (χ0v) is 11.3. The van der Waals surface area contributed by atoms with E-state index in [-0.39, 0.29) is 0 Å². The Labute approximate surface area is 106 Å². The van der Waals surface area contributed by atoms with Crippen molar-refractivity contribution in [3.05, 3.63) is 15.5 Å². The van der Waals surface area contributed by atoms with Crippen molar-refractivity contribution < 1.29 is 0 Å². The van der Waals surface area contributed by atoms with Gasteiger partial charge in [0.15, 0.2) is 0 Å². The second-order valence-corrected chi connectivity index (χ2v) is 6.26. The van der Waals surface area contributed by atoms with Crippen LogP contribution < -0.4 is 5.73 Å². The van der Waals surface area contributed by atoms with Crippen molar-refractivity contribution >= 4 is 22.9 Å². The zero-order chi connectivity index (χ0) is 11.7. The molecule has 0 bridgehead atoms. The Morgan fingerprint density at radius 3 is 2.94 bits per heavy atom. The maximum absolute atomic E-state index is 5.96. The van der Waals surface area contributed by atoms with Crippen LogP contribution in [0.5, 0.6) is 0 Å². The van der Waals surface area contributed by atoms with Gasteiger partial charge in [-0.2, -0.15) is 0 Å². The van der Waals surface area contributed by atoms with Crippen molar-refractivity contribution in [3.63, 3.8) is 0 Å². The van der Waals surface area contributed by atoms with Crippen LogP contribution in [-0.4, -0.2) is 29.0 Å². The molecule has 1 aliphatic heterocycles. The predicted octanol–water partition coefficient (Wildman–Crippen LogP) is 2.53. The summed E-state index contributed by atoms with van der Waals surface area (Å²) in [4.78, 5) is 6.90. The highest BCUT2D eigenvalue weighted by molar-refractivity contribution is 7.15. The lowest BCUT2D eigenvalue weighted by atomic mass is 10.0. The SMILES string of the molecule is CC(C)N1CCC(CN)C1c1ncc(Cl)s1. The molecular weight excluding hydrogens is 242 g/mol. The first-order valence-electron chi connectivity index (χ1n) is 5.70. The molecule has 1 aromatic heterocycles. The van der Waals surface area contributed by atoms with Crippen LogP contribution in [0, 0.1) is 5.92 Å². The molecule has 1 saturated heterocycles. The van der Waals surface area contributed by atoms with E-state index in [0.717, 1.165) is 28.9 Å². The molecule has 0 spiro atoms. The molecule has 0 amide bonds. The van der Waals surface area contributed by atoms with E-state index in [1.54, 1.807) is 17.5 Å². The van der Waals surface area contributed by atoms with Crippen LogP contribution in [0.4, 0.5) is 0 Å². The monoisotopic (exact) mass is 259 g/mol. The maximum atomic E-state index is 5.96. The number of likely N-dealkylation sites (tertiary alicyclic amines) is 1. The fourth-order valence-corrected chi connectivity index (χ4v) is 3.60. The smallest absolute Gasteiger partial charge is 0.113 e. The van der Waals surface area contributed by atoms with Gasteiger partial charge in [-0.05, 0) is 39.3 Å². The number of hydrogen-bond donors (Lipinski definition) is 1. The lowest BCUT2D eigenvalue weighted by Crippen LogP contribution is -2.33. The van der Waals surface area contributed by atoms with Crippen LogP contribution in [-0.2, 0) is 0 Å². The van der Waals surface area contributed by atoms with Crippen LogP contribution in [0.25, 0.3) is 0 Å². The average Bonchev–Trinajstić information content (AvgIpc) is 2.82. The zero-order valence-electron chi connectivity index (χ0n) is 9.69. The van der Waals surface area contributed by atoms with Gasteiger partial charge < -0.3 is 5.73 Å². The van der Waals surface area contributed by atoms with E-state index >= 15 is 0 Å². The third kappa shape index (κ3) is 2.25. The van der Waals surface area contributed by atoms with Crippen LogP contribution in [0.15, 0.2) is 6.20 Å². The molecule has 16 heavy (non-hydrogen) atoms. The van der Waals surface area contributed by atoms with Crippen LogP contribution in [0.1, 0.15) is 31.3 Å². The molecule has 2 N–H and O–H groups in total. The number of nitrogens with zero attached hydrogens (tertiary/aromatic N) is 2. The summed E-state index contributed by atoms with van der Waals surface area (Å²) in [6.45, 7) is 6.29. The van der Waals surface area contributed by atoms with Gasteiger partial charge in [-0.3, -0.25) is 4.90 Å². The normalized spacial score (nSPS) is 26.8. The topological polar surface area (TPSA) is 42.1 Å². The molecule has 5 heteroatoms. The summed E-state index contributed by atoms with van der Waals surface area (Å²) in [6, 6.07) is 0.895. The largest absolute Gasteiger partial charge is 0.330 e. The Bertz CT molecular complexity index is 353. The molecule has 1 fully saturated rings. The number of halogens is 1. The number of hydrogen-bond acceptors (Lipinski definition) is 4. The van der Waals surface area contributed by atoms with Crippen LogP contribution in [0.2, 0.25) is 4.34 Å². The fraction of sp³-hybridized carbons (Fsp3) is 0.727. The van der Waals surface area contributed by atoms with Gasteiger partial charge in [0.1, 0.15) is 9.34 Å². The molecular formula is C11H18ClN3S. The molecule has 2 atom stereocenters. The Morgan fingerprint density at radius 1 is 1.69 bits per heavy atom. The summed E-state index contributed by atoms with van der Waals surface area (Å²) in [5.74, 6) is 0.518. The molecule has 2 unspecified atom stereocenters. The van der Waals surface area contributed by atoms with Crippen molar-refractivity contribution in [3.8, 4) is 0 Å². The molecule has 90 valence electrons. The van der Waals surface area contributed by atoms with Crippen LogP contribution >= 0.6 is 22.9 Å². The minimum Gasteiger partial charge on any atom is -0.330 e. The van der Waals surface area contributed by atoms with Crippen molar-refractivity contribution in [2.45, 2.75) is 32.4 Å². The molecule has 1 aromatic rings. The van der Waals surface area contributed by atoms with Gasteiger partial charge in [0.25, 0.3) is 0 Å². The van der Waals surface area contributed by atoms with Crippen molar-refractivity contribution in [1.29, 1.82) is 0 Å².